The molecule has 0 bridgehead atoms. The van der Waals surface area contributed by atoms with E-state index in [1.54, 1.807) is 0 Å². The molecule has 1 N–H and O–H groups in total. The zero-order valence-corrected chi connectivity index (χ0v) is 26.7. The fourth-order valence-corrected chi connectivity index (χ4v) is 5.56. The molecule has 0 amide bonds. The summed E-state index contributed by atoms with van der Waals surface area (Å²) in [4.78, 5) is 0. The molecule has 34 heavy (non-hydrogen) atoms. The van der Waals surface area contributed by atoms with E-state index in [1.807, 2.05) is 51.1 Å². The largest absolute Gasteiger partial charge is 0.414 e. The number of benzene rings is 1. The van der Waals surface area contributed by atoms with Crippen LogP contribution in [0.1, 0.15) is 67.9 Å². The summed E-state index contributed by atoms with van der Waals surface area (Å²) in [6.07, 6.45) is -0.336. The van der Waals surface area contributed by atoms with E-state index in [-0.39, 0.29) is 16.2 Å². The number of hydrogen-bond donors (Lipinski definition) is 1. The molecule has 194 valence electrons. The lowest BCUT2D eigenvalue weighted by Crippen LogP contribution is -2.55. The van der Waals surface area contributed by atoms with Crippen LogP contribution in [0.2, 0.25) is 36.3 Å². The second-order valence-electron chi connectivity index (χ2n) is 13.1. The van der Waals surface area contributed by atoms with Crippen molar-refractivity contribution >= 4 is 27.6 Å². The van der Waals surface area contributed by atoms with Crippen LogP contribution in [0.3, 0.4) is 0 Å². The Balaban J connectivity index is 3.45. The smallest absolute Gasteiger partial charge is 0.192 e. The number of rotatable bonds is 8. The minimum atomic E-state index is -2.15. The highest BCUT2D eigenvalue weighted by atomic mass is 32.2. The minimum absolute atomic E-state index is 0.0306. The fraction of sp³-hybridized carbons (Fsp3) is 0.704. The van der Waals surface area contributed by atoms with Gasteiger partial charge in [0.15, 0.2) is 16.6 Å². The zero-order valence-electron chi connectivity index (χ0n) is 23.9. The number of hydrogen-bond acceptors (Lipinski definition) is 3. The summed E-state index contributed by atoms with van der Waals surface area (Å²) in [5.41, 5.74) is 0.923. The van der Waals surface area contributed by atoms with Gasteiger partial charge in [0, 0.05) is 5.56 Å². The molecule has 1 aromatic carbocycles. The molecular formula is C27H49NO3SSi2. The highest BCUT2D eigenvalue weighted by Gasteiger charge is 2.43. The lowest BCUT2D eigenvalue weighted by Gasteiger charge is -2.43. The molecule has 0 radical (unpaired) electrons. The Morgan fingerprint density at radius 3 is 1.82 bits per heavy atom. The van der Waals surface area contributed by atoms with Gasteiger partial charge in [0.1, 0.15) is 6.04 Å². The van der Waals surface area contributed by atoms with Crippen LogP contribution in [0, 0.1) is 11.8 Å². The standard InChI is InChI=1S/C27H49NO3SSi2/c1-25(2,3)32(29)28-23(20-19-22-17-15-14-16-18-22)24(31-34(12,13)27(7,8)9)21-30-33(10,11)26(4,5)6/h14-18,23-24,28H,21H2,1-13H3/t23-,24+,32-/m0/s1. The maximum absolute atomic E-state index is 13.2. The summed E-state index contributed by atoms with van der Waals surface area (Å²) in [6, 6.07) is 9.47. The van der Waals surface area contributed by atoms with Gasteiger partial charge in [-0.05, 0) is 69.2 Å². The van der Waals surface area contributed by atoms with Crippen molar-refractivity contribution in [3.05, 3.63) is 35.9 Å². The average Bonchev–Trinajstić information content (AvgIpc) is 2.66. The van der Waals surface area contributed by atoms with Crippen LogP contribution in [0.5, 0.6) is 0 Å². The van der Waals surface area contributed by atoms with E-state index in [0.29, 0.717) is 6.61 Å². The lowest BCUT2D eigenvalue weighted by molar-refractivity contribution is 0.0962. The summed E-state index contributed by atoms with van der Waals surface area (Å²) in [6.45, 7) is 28.7. The van der Waals surface area contributed by atoms with Crippen molar-refractivity contribution in [3.63, 3.8) is 0 Å². The van der Waals surface area contributed by atoms with E-state index in [9.17, 15) is 4.21 Å². The monoisotopic (exact) mass is 523 g/mol. The predicted octanol–water partition coefficient (Wildman–Crippen LogP) is 6.87. The molecule has 1 aromatic rings. The molecule has 0 aliphatic carbocycles. The molecule has 0 heterocycles. The van der Waals surface area contributed by atoms with E-state index >= 15 is 0 Å². The Kier molecular flexibility index (Phi) is 10.6. The van der Waals surface area contributed by atoms with Crippen molar-refractivity contribution < 1.29 is 13.1 Å². The Morgan fingerprint density at radius 2 is 1.38 bits per heavy atom. The molecule has 0 aromatic heterocycles. The van der Waals surface area contributed by atoms with Crippen LogP contribution in [0.25, 0.3) is 0 Å². The van der Waals surface area contributed by atoms with E-state index in [4.69, 9.17) is 8.85 Å². The SMILES string of the molecule is CC(C)(C)[S@](=O)N[C@@H](C#Cc1ccccc1)[C@@H](CO[Si](C)(C)C(C)(C)C)O[Si](C)(C)C(C)(C)C. The third kappa shape index (κ3) is 9.36. The minimum Gasteiger partial charge on any atom is -0.414 e. The maximum atomic E-state index is 13.2. The van der Waals surface area contributed by atoms with E-state index < -0.39 is 38.4 Å². The van der Waals surface area contributed by atoms with Gasteiger partial charge < -0.3 is 8.85 Å². The van der Waals surface area contributed by atoms with E-state index in [1.165, 1.54) is 0 Å². The fourth-order valence-electron chi connectivity index (χ4n) is 2.43. The Morgan fingerprint density at radius 1 is 0.882 bits per heavy atom. The molecule has 0 spiro atoms. The third-order valence-electron chi connectivity index (χ3n) is 6.97. The molecule has 0 unspecified atom stereocenters. The number of nitrogens with one attached hydrogen (secondary N) is 1. The van der Waals surface area contributed by atoms with Crippen molar-refractivity contribution in [1.29, 1.82) is 0 Å². The molecule has 0 saturated carbocycles. The summed E-state index contributed by atoms with van der Waals surface area (Å²) >= 11 is 0. The first kappa shape index (κ1) is 31.3. The average molecular weight is 524 g/mol. The van der Waals surface area contributed by atoms with Crippen LogP contribution >= 0.6 is 0 Å². The molecule has 0 saturated heterocycles. The quantitative estimate of drug-likeness (QED) is 0.299. The summed E-state index contributed by atoms with van der Waals surface area (Å²) in [5, 5.41) is 0.115. The molecule has 0 aliphatic heterocycles. The first-order valence-electron chi connectivity index (χ1n) is 12.2. The van der Waals surface area contributed by atoms with Crippen LogP contribution in [0.15, 0.2) is 30.3 Å². The molecule has 3 atom stereocenters. The molecule has 0 fully saturated rings. The highest BCUT2D eigenvalue weighted by Crippen LogP contribution is 2.39. The van der Waals surface area contributed by atoms with Crippen molar-refractivity contribution in [2.24, 2.45) is 0 Å². The topological polar surface area (TPSA) is 47.6 Å². The normalized spacial score (nSPS) is 16.4. The van der Waals surface area contributed by atoms with Gasteiger partial charge in [-0.3, -0.25) is 0 Å². The van der Waals surface area contributed by atoms with Gasteiger partial charge in [-0.15, -0.1) is 0 Å². The molecule has 0 aliphatic rings. The molecule has 4 nitrogen and oxygen atoms in total. The molecule has 7 heteroatoms. The van der Waals surface area contributed by atoms with Gasteiger partial charge in [-0.2, -0.15) is 0 Å². The van der Waals surface area contributed by atoms with Crippen LogP contribution in [-0.4, -0.2) is 44.3 Å². The Hall–Kier alpha value is -0.756. The van der Waals surface area contributed by atoms with Crippen LogP contribution < -0.4 is 4.72 Å². The van der Waals surface area contributed by atoms with Crippen molar-refractivity contribution in [2.75, 3.05) is 6.61 Å². The first-order valence-corrected chi connectivity index (χ1v) is 19.2. The van der Waals surface area contributed by atoms with Crippen molar-refractivity contribution in [2.45, 2.75) is 115 Å². The van der Waals surface area contributed by atoms with Gasteiger partial charge in [0.05, 0.1) is 28.4 Å². The van der Waals surface area contributed by atoms with Gasteiger partial charge in [-0.1, -0.05) is 71.6 Å². The lowest BCUT2D eigenvalue weighted by atomic mass is 10.1. The van der Waals surface area contributed by atoms with Crippen LogP contribution in [-0.2, 0) is 19.8 Å². The van der Waals surface area contributed by atoms with Crippen molar-refractivity contribution in [3.8, 4) is 11.8 Å². The van der Waals surface area contributed by atoms with Gasteiger partial charge in [0.2, 0.25) is 0 Å². The molecular weight excluding hydrogens is 475 g/mol. The summed E-state index contributed by atoms with van der Waals surface area (Å²) in [5.74, 6) is 6.64. The second-order valence-corrected chi connectivity index (χ2v) is 24.7. The third-order valence-corrected chi connectivity index (χ3v) is 17.6. The first-order chi connectivity index (χ1) is 15.2. The second kappa shape index (κ2) is 11.5. The van der Waals surface area contributed by atoms with E-state index in [0.717, 1.165) is 5.56 Å². The van der Waals surface area contributed by atoms with Crippen LogP contribution in [0.4, 0.5) is 0 Å². The van der Waals surface area contributed by atoms with Gasteiger partial charge in [0.25, 0.3) is 0 Å². The van der Waals surface area contributed by atoms with Gasteiger partial charge in [-0.25, -0.2) is 8.93 Å². The summed E-state index contributed by atoms with van der Waals surface area (Å²) < 4.78 is 29.6. The summed E-state index contributed by atoms with van der Waals surface area (Å²) in [7, 11) is -5.46. The Labute approximate surface area is 214 Å². The van der Waals surface area contributed by atoms with Crippen molar-refractivity contribution in [1.82, 2.24) is 4.72 Å². The van der Waals surface area contributed by atoms with Gasteiger partial charge >= 0.3 is 0 Å². The highest BCUT2D eigenvalue weighted by molar-refractivity contribution is 7.84. The maximum Gasteiger partial charge on any atom is 0.192 e. The Bertz CT molecular complexity index is 870. The van der Waals surface area contributed by atoms with E-state index in [2.05, 4.69) is 84.3 Å². The predicted molar refractivity (Wildman–Crippen MR) is 153 cm³/mol. The zero-order chi connectivity index (χ0) is 26.6. The molecule has 1 rings (SSSR count).